The number of fused-ring (bicyclic) bond motifs is 1. The van der Waals surface area contributed by atoms with Gasteiger partial charge < -0.3 is 15.2 Å². The average molecular weight is 278 g/mol. The van der Waals surface area contributed by atoms with Gasteiger partial charge in [-0.15, -0.1) is 0 Å². The van der Waals surface area contributed by atoms with Crippen LogP contribution in [-0.2, 0) is 22.3 Å². The molecule has 20 heavy (non-hydrogen) atoms. The third kappa shape index (κ3) is 2.45. The molecule has 108 valence electrons. The van der Waals surface area contributed by atoms with Gasteiger partial charge in [-0.25, -0.2) is 14.6 Å². The van der Waals surface area contributed by atoms with E-state index in [1.54, 1.807) is 13.8 Å². The molecule has 0 aromatic carbocycles. The molecule has 0 saturated carbocycles. The minimum Gasteiger partial charge on any atom is -0.462 e. The fourth-order valence-corrected chi connectivity index (χ4v) is 2.44. The monoisotopic (exact) mass is 278 g/mol. The number of carbonyl (C=O) groups is 2. The Morgan fingerprint density at radius 1 is 1.10 bits per heavy atom. The van der Waals surface area contributed by atoms with Crippen molar-refractivity contribution in [1.82, 2.24) is 4.98 Å². The van der Waals surface area contributed by atoms with E-state index in [0.29, 0.717) is 6.42 Å². The Morgan fingerprint density at radius 2 is 1.70 bits per heavy atom. The average Bonchev–Trinajstić information content (AvgIpc) is 2.85. The van der Waals surface area contributed by atoms with E-state index >= 15 is 0 Å². The SMILES string of the molecule is CCOC(=O)c1c(N)nc2c(c1C(=O)OCC)CCC2. The summed E-state index contributed by atoms with van der Waals surface area (Å²) < 4.78 is 10.0. The van der Waals surface area contributed by atoms with Gasteiger partial charge >= 0.3 is 11.9 Å². The molecule has 1 aliphatic carbocycles. The molecule has 6 nitrogen and oxygen atoms in total. The van der Waals surface area contributed by atoms with Gasteiger partial charge in [-0.3, -0.25) is 0 Å². The number of ether oxygens (including phenoxy) is 2. The van der Waals surface area contributed by atoms with Crippen LogP contribution in [0.25, 0.3) is 0 Å². The first-order valence-corrected chi connectivity index (χ1v) is 6.75. The molecule has 0 amide bonds. The van der Waals surface area contributed by atoms with Crippen LogP contribution in [-0.4, -0.2) is 30.1 Å². The van der Waals surface area contributed by atoms with Crippen LogP contribution in [0.15, 0.2) is 0 Å². The van der Waals surface area contributed by atoms with Crippen molar-refractivity contribution < 1.29 is 19.1 Å². The Kier molecular flexibility index (Phi) is 4.22. The topological polar surface area (TPSA) is 91.5 Å². The van der Waals surface area contributed by atoms with Gasteiger partial charge in [0.25, 0.3) is 0 Å². The zero-order valence-electron chi connectivity index (χ0n) is 11.7. The third-order valence-electron chi connectivity index (χ3n) is 3.21. The summed E-state index contributed by atoms with van der Waals surface area (Å²) in [6.45, 7) is 3.85. The molecular formula is C14H18N2O4. The minimum absolute atomic E-state index is 0.0333. The number of anilines is 1. The largest absolute Gasteiger partial charge is 0.462 e. The van der Waals surface area contributed by atoms with Crippen molar-refractivity contribution in [2.24, 2.45) is 0 Å². The molecule has 0 bridgehead atoms. The maximum Gasteiger partial charge on any atom is 0.342 e. The molecule has 0 spiro atoms. The summed E-state index contributed by atoms with van der Waals surface area (Å²) in [4.78, 5) is 28.4. The van der Waals surface area contributed by atoms with Gasteiger partial charge in [0.05, 0.1) is 18.8 Å². The maximum atomic E-state index is 12.2. The second-order valence-corrected chi connectivity index (χ2v) is 4.47. The maximum absolute atomic E-state index is 12.2. The predicted molar refractivity (Wildman–Crippen MR) is 72.6 cm³/mol. The Morgan fingerprint density at radius 3 is 2.30 bits per heavy atom. The fourth-order valence-electron chi connectivity index (χ4n) is 2.44. The number of aromatic nitrogens is 1. The van der Waals surface area contributed by atoms with Crippen LogP contribution >= 0.6 is 0 Å². The molecule has 6 heteroatoms. The van der Waals surface area contributed by atoms with Gasteiger partial charge in [-0.2, -0.15) is 0 Å². The summed E-state index contributed by atoms with van der Waals surface area (Å²) >= 11 is 0. The Bertz CT molecular complexity index is 555. The first-order chi connectivity index (χ1) is 9.60. The van der Waals surface area contributed by atoms with Crippen molar-refractivity contribution >= 4 is 17.8 Å². The summed E-state index contributed by atoms with van der Waals surface area (Å²) in [7, 11) is 0. The van der Waals surface area contributed by atoms with E-state index in [1.807, 2.05) is 0 Å². The number of carbonyl (C=O) groups excluding carboxylic acids is 2. The lowest BCUT2D eigenvalue weighted by atomic mass is 10.0. The number of nitrogens with zero attached hydrogens (tertiary/aromatic N) is 1. The first kappa shape index (κ1) is 14.3. The second-order valence-electron chi connectivity index (χ2n) is 4.47. The van der Waals surface area contributed by atoms with Crippen LogP contribution in [0, 0.1) is 0 Å². The Labute approximate surface area is 117 Å². The van der Waals surface area contributed by atoms with E-state index in [4.69, 9.17) is 15.2 Å². The predicted octanol–water partition coefficient (Wildman–Crippen LogP) is 1.51. The van der Waals surface area contributed by atoms with Crippen LogP contribution in [0.3, 0.4) is 0 Å². The molecule has 0 aliphatic heterocycles. The zero-order valence-corrected chi connectivity index (χ0v) is 11.7. The smallest absolute Gasteiger partial charge is 0.342 e. The normalized spacial score (nSPS) is 12.9. The van der Waals surface area contributed by atoms with Gasteiger partial charge in [0.1, 0.15) is 11.4 Å². The molecule has 1 heterocycles. The highest BCUT2D eigenvalue weighted by molar-refractivity contribution is 6.07. The number of nitrogens with two attached hydrogens (primary N) is 1. The van der Waals surface area contributed by atoms with Crippen molar-refractivity contribution in [2.75, 3.05) is 18.9 Å². The summed E-state index contributed by atoms with van der Waals surface area (Å²) in [5, 5.41) is 0. The third-order valence-corrected chi connectivity index (χ3v) is 3.21. The van der Waals surface area contributed by atoms with E-state index in [2.05, 4.69) is 4.98 Å². The molecule has 0 saturated heterocycles. The van der Waals surface area contributed by atoms with Gasteiger partial charge in [0, 0.05) is 5.69 Å². The van der Waals surface area contributed by atoms with Gasteiger partial charge in [0.2, 0.25) is 0 Å². The van der Waals surface area contributed by atoms with E-state index < -0.39 is 11.9 Å². The van der Waals surface area contributed by atoms with Crippen LogP contribution < -0.4 is 5.73 Å². The van der Waals surface area contributed by atoms with Crippen molar-refractivity contribution in [1.29, 1.82) is 0 Å². The Balaban J connectivity index is 2.59. The van der Waals surface area contributed by atoms with Crippen LogP contribution in [0.5, 0.6) is 0 Å². The van der Waals surface area contributed by atoms with Crippen LogP contribution in [0.1, 0.15) is 52.2 Å². The van der Waals surface area contributed by atoms with Crippen LogP contribution in [0.4, 0.5) is 5.82 Å². The molecule has 1 aromatic rings. The molecule has 2 rings (SSSR count). The summed E-state index contributed by atoms with van der Waals surface area (Å²) in [6, 6.07) is 0. The highest BCUT2D eigenvalue weighted by Gasteiger charge is 2.31. The van der Waals surface area contributed by atoms with Crippen molar-refractivity contribution in [3.05, 3.63) is 22.4 Å². The molecule has 0 fully saturated rings. The summed E-state index contributed by atoms with van der Waals surface area (Å²) in [6.07, 6.45) is 2.35. The number of esters is 2. The lowest BCUT2D eigenvalue weighted by Crippen LogP contribution is -2.20. The number of rotatable bonds is 4. The van der Waals surface area contributed by atoms with Gasteiger partial charge in [-0.1, -0.05) is 0 Å². The second kappa shape index (κ2) is 5.90. The highest BCUT2D eigenvalue weighted by Crippen LogP contribution is 2.30. The number of hydrogen-bond acceptors (Lipinski definition) is 6. The number of pyridine rings is 1. The van der Waals surface area contributed by atoms with E-state index in [9.17, 15) is 9.59 Å². The highest BCUT2D eigenvalue weighted by atomic mass is 16.5. The lowest BCUT2D eigenvalue weighted by Gasteiger charge is -2.14. The lowest BCUT2D eigenvalue weighted by molar-refractivity contribution is 0.0478. The van der Waals surface area contributed by atoms with Crippen LogP contribution in [0.2, 0.25) is 0 Å². The first-order valence-electron chi connectivity index (χ1n) is 6.75. The van der Waals surface area contributed by atoms with Crippen molar-refractivity contribution in [2.45, 2.75) is 33.1 Å². The molecule has 0 radical (unpaired) electrons. The Hall–Kier alpha value is -2.11. The van der Waals surface area contributed by atoms with Crippen molar-refractivity contribution in [3.8, 4) is 0 Å². The standard InChI is InChI=1S/C14H18N2O4/c1-3-19-13(17)10-8-6-5-7-9(8)16-12(15)11(10)14(18)20-4-2/h3-7H2,1-2H3,(H2,15,16). The number of aryl methyl sites for hydroxylation is 1. The van der Waals surface area contributed by atoms with E-state index in [-0.39, 0.29) is 30.2 Å². The number of nitrogen functional groups attached to an aromatic ring is 1. The number of hydrogen-bond donors (Lipinski definition) is 1. The van der Waals surface area contributed by atoms with Crippen molar-refractivity contribution in [3.63, 3.8) is 0 Å². The fraction of sp³-hybridized carbons (Fsp3) is 0.500. The summed E-state index contributed by atoms with van der Waals surface area (Å²) in [5.74, 6) is -1.13. The molecule has 1 aliphatic rings. The quantitative estimate of drug-likeness (QED) is 0.839. The summed E-state index contributed by atoms with van der Waals surface area (Å²) in [5.41, 5.74) is 7.64. The molecule has 1 aromatic heterocycles. The zero-order chi connectivity index (χ0) is 14.7. The van der Waals surface area contributed by atoms with E-state index in [0.717, 1.165) is 24.1 Å². The van der Waals surface area contributed by atoms with Gasteiger partial charge in [0.15, 0.2) is 0 Å². The van der Waals surface area contributed by atoms with Gasteiger partial charge in [-0.05, 0) is 38.7 Å². The molecule has 2 N–H and O–H groups in total. The molecule has 0 atom stereocenters. The molecular weight excluding hydrogens is 260 g/mol. The molecule has 0 unspecified atom stereocenters. The van der Waals surface area contributed by atoms with E-state index in [1.165, 1.54) is 0 Å². The minimum atomic E-state index is -0.629.